The molecule has 1 aliphatic rings. The minimum atomic E-state index is -4.84. The van der Waals surface area contributed by atoms with Crippen LogP contribution in [0.1, 0.15) is 12.8 Å². The molecule has 9 heteroatoms. The molecule has 0 radical (unpaired) electrons. The first kappa shape index (κ1) is 12.6. The number of hydrogen-bond donors (Lipinski definition) is 2. The van der Waals surface area contributed by atoms with Crippen molar-refractivity contribution in [1.82, 2.24) is 4.90 Å². The van der Waals surface area contributed by atoms with Gasteiger partial charge in [0.1, 0.15) is 0 Å². The number of likely N-dealkylation sites (tertiary alicyclic amines) is 1. The second-order valence-corrected chi connectivity index (χ2v) is 4.84. The minimum Gasteiger partial charge on any atom is -0.480 e. The Bertz CT molecular complexity index is 424. The maximum atomic E-state index is 11.1. The van der Waals surface area contributed by atoms with Gasteiger partial charge in [0, 0.05) is 12.8 Å². The number of rotatable bonds is 4. The molecule has 0 aliphatic carbocycles. The van der Waals surface area contributed by atoms with E-state index in [0.717, 1.165) is 0 Å². The number of imide groups is 1. The van der Waals surface area contributed by atoms with Gasteiger partial charge in [0.2, 0.25) is 17.1 Å². The molecule has 1 aliphatic heterocycles. The molecule has 2 amide bonds. The van der Waals surface area contributed by atoms with E-state index in [-0.39, 0.29) is 12.8 Å². The molecule has 0 unspecified atom stereocenters. The van der Waals surface area contributed by atoms with E-state index in [1.807, 2.05) is 0 Å². The molecule has 1 fully saturated rings. The quantitative estimate of drug-likeness (QED) is 0.458. The molecule has 0 aromatic rings. The third-order valence-corrected chi connectivity index (χ3v) is 3.21. The Balaban J connectivity index is 2.89. The average molecular weight is 251 g/mol. The van der Waals surface area contributed by atoms with Crippen LogP contribution in [-0.4, -0.2) is 52.6 Å². The van der Waals surface area contributed by atoms with Crippen LogP contribution < -0.4 is 0 Å². The van der Waals surface area contributed by atoms with Gasteiger partial charge in [0.05, 0.1) is 6.54 Å². The van der Waals surface area contributed by atoms with Crippen molar-refractivity contribution in [2.45, 2.75) is 18.1 Å². The second kappa shape index (κ2) is 4.18. The van der Waals surface area contributed by atoms with Gasteiger partial charge in [-0.1, -0.05) is 0 Å². The third kappa shape index (κ3) is 2.55. The SMILES string of the molecule is O=C(O)[C@H](CN1C(=O)CCC1=O)S(=O)(=O)O. The summed E-state index contributed by atoms with van der Waals surface area (Å²) in [5.74, 6) is -3.09. The molecule has 1 saturated heterocycles. The summed E-state index contributed by atoms with van der Waals surface area (Å²) in [6, 6.07) is 0. The van der Waals surface area contributed by atoms with Crippen molar-refractivity contribution < 1.29 is 32.5 Å². The van der Waals surface area contributed by atoms with Crippen molar-refractivity contribution in [3.05, 3.63) is 0 Å². The molecule has 8 nitrogen and oxygen atoms in total. The Labute approximate surface area is 90.6 Å². The summed E-state index contributed by atoms with van der Waals surface area (Å²) >= 11 is 0. The maximum Gasteiger partial charge on any atom is 0.326 e. The van der Waals surface area contributed by atoms with Gasteiger partial charge < -0.3 is 5.11 Å². The molecule has 2 N–H and O–H groups in total. The maximum absolute atomic E-state index is 11.1. The number of carbonyl (C=O) groups is 3. The lowest BCUT2D eigenvalue weighted by Gasteiger charge is -2.17. The zero-order valence-electron chi connectivity index (χ0n) is 7.99. The van der Waals surface area contributed by atoms with Crippen LogP contribution in [0.2, 0.25) is 0 Å². The van der Waals surface area contributed by atoms with Crippen LogP contribution >= 0.6 is 0 Å². The van der Waals surface area contributed by atoms with Crippen LogP contribution in [0.4, 0.5) is 0 Å². The fraction of sp³-hybridized carbons (Fsp3) is 0.571. The minimum absolute atomic E-state index is 0.0728. The number of aliphatic carboxylic acids is 1. The number of carboxylic acids is 1. The number of amides is 2. The highest BCUT2D eigenvalue weighted by molar-refractivity contribution is 7.87. The van der Waals surface area contributed by atoms with E-state index in [1.54, 1.807) is 0 Å². The summed E-state index contributed by atoms with van der Waals surface area (Å²) in [7, 11) is -4.84. The van der Waals surface area contributed by atoms with Gasteiger partial charge in [-0.2, -0.15) is 8.42 Å². The van der Waals surface area contributed by atoms with Crippen LogP contribution in [0.5, 0.6) is 0 Å². The Hall–Kier alpha value is -1.48. The summed E-state index contributed by atoms with van der Waals surface area (Å²) in [4.78, 5) is 33.3. The van der Waals surface area contributed by atoms with Gasteiger partial charge in [-0.25, -0.2) is 0 Å². The van der Waals surface area contributed by atoms with Crippen molar-refractivity contribution in [3.8, 4) is 0 Å². The number of carbonyl (C=O) groups excluding carboxylic acids is 2. The lowest BCUT2D eigenvalue weighted by atomic mass is 10.4. The Morgan fingerprint density at radius 2 is 1.75 bits per heavy atom. The van der Waals surface area contributed by atoms with Gasteiger partial charge in [-0.05, 0) is 0 Å². The summed E-state index contributed by atoms with van der Waals surface area (Å²) in [6.07, 6.45) is -0.146. The van der Waals surface area contributed by atoms with E-state index in [0.29, 0.717) is 4.90 Å². The van der Waals surface area contributed by atoms with E-state index in [4.69, 9.17) is 9.66 Å². The van der Waals surface area contributed by atoms with Gasteiger partial charge in [-0.3, -0.25) is 23.8 Å². The molecule has 0 spiro atoms. The fourth-order valence-corrected chi connectivity index (χ4v) is 1.88. The zero-order valence-corrected chi connectivity index (χ0v) is 8.81. The monoisotopic (exact) mass is 251 g/mol. The molecule has 0 bridgehead atoms. The van der Waals surface area contributed by atoms with Crippen molar-refractivity contribution in [2.24, 2.45) is 0 Å². The van der Waals surface area contributed by atoms with E-state index >= 15 is 0 Å². The highest BCUT2D eigenvalue weighted by atomic mass is 32.2. The molecule has 1 rings (SSSR count). The number of carboxylic acid groups (broad SMARTS) is 1. The molecule has 0 aromatic carbocycles. The average Bonchev–Trinajstić information content (AvgIpc) is 2.40. The molecule has 1 heterocycles. The first-order chi connectivity index (χ1) is 7.23. The Kier molecular flexibility index (Phi) is 3.29. The van der Waals surface area contributed by atoms with Crippen molar-refractivity contribution in [3.63, 3.8) is 0 Å². The van der Waals surface area contributed by atoms with Gasteiger partial charge in [0.25, 0.3) is 10.1 Å². The van der Waals surface area contributed by atoms with E-state index in [2.05, 4.69) is 0 Å². The Morgan fingerprint density at radius 3 is 2.06 bits per heavy atom. The standard InChI is InChI=1S/C7H9NO7S/c9-5-1-2-6(10)8(5)3-4(7(11)12)16(13,14)15/h4H,1-3H2,(H,11,12)(H,13,14,15)/t4-/m0/s1. The Morgan fingerprint density at radius 1 is 1.31 bits per heavy atom. The lowest BCUT2D eigenvalue weighted by molar-refractivity contribution is -0.140. The van der Waals surface area contributed by atoms with Crippen LogP contribution in [0, 0.1) is 0 Å². The first-order valence-electron chi connectivity index (χ1n) is 4.26. The predicted octanol–water partition coefficient (Wildman–Crippen LogP) is -1.52. The fourth-order valence-electron chi connectivity index (χ4n) is 1.29. The normalized spacial score (nSPS) is 18.9. The predicted molar refractivity (Wildman–Crippen MR) is 48.9 cm³/mol. The molecular formula is C7H9NO7S. The molecule has 90 valence electrons. The van der Waals surface area contributed by atoms with Crippen molar-refractivity contribution in [2.75, 3.05) is 6.54 Å². The summed E-state index contributed by atoms with van der Waals surface area (Å²) in [5.41, 5.74) is 0. The van der Waals surface area contributed by atoms with Crippen LogP contribution in [0.15, 0.2) is 0 Å². The zero-order chi connectivity index (χ0) is 12.5. The largest absolute Gasteiger partial charge is 0.480 e. The van der Waals surface area contributed by atoms with Crippen LogP contribution in [0.3, 0.4) is 0 Å². The third-order valence-electron chi connectivity index (χ3n) is 2.14. The van der Waals surface area contributed by atoms with E-state index in [1.165, 1.54) is 0 Å². The van der Waals surface area contributed by atoms with Crippen LogP contribution in [0.25, 0.3) is 0 Å². The van der Waals surface area contributed by atoms with Gasteiger partial charge in [0.15, 0.2) is 0 Å². The van der Waals surface area contributed by atoms with Crippen molar-refractivity contribution >= 4 is 27.9 Å². The summed E-state index contributed by atoms with van der Waals surface area (Å²) in [6.45, 7) is -0.855. The summed E-state index contributed by atoms with van der Waals surface area (Å²) in [5, 5.41) is 6.36. The van der Waals surface area contributed by atoms with E-state index in [9.17, 15) is 22.8 Å². The molecule has 16 heavy (non-hydrogen) atoms. The second-order valence-electron chi connectivity index (χ2n) is 3.24. The molecular weight excluding hydrogens is 242 g/mol. The van der Waals surface area contributed by atoms with Crippen molar-refractivity contribution in [1.29, 1.82) is 0 Å². The topological polar surface area (TPSA) is 129 Å². The highest BCUT2D eigenvalue weighted by Gasteiger charge is 2.38. The molecule has 0 aromatic heterocycles. The smallest absolute Gasteiger partial charge is 0.326 e. The number of nitrogens with zero attached hydrogens (tertiary/aromatic N) is 1. The van der Waals surface area contributed by atoms with E-state index < -0.39 is 39.7 Å². The van der Waals surface area contributed by atoms with Gasteiger partial charge >= 0.3 is 5.97 Å². The molecule has 0 saturated carbocycles. The highest BCUT2D eigenvalue weighted by Crippen LogP contribution is 2.14. The van der Waals surface area contributed by atoms with Crippen LogP contribution in [-0.2, 0) is 24.5 Å². The lowest BCUT2D eigenvalue weighted by Crippen LogP contribution is -2.43. The number of hydrogen-bond acceptors (Lipinski definition) is 5. The first-order valence-corrected chi connectivity index (χ1v) is 5.76. The summed E-state index contributed by atoms with van der Waals surface area (Å²) < 4.78 is 30.0. The molecule has 1 atom stereocenters. The van der Waals surface area contributed by atoms with Gasteiger partial charge in [-0.15, -0.1) is 0 Å².